The third-order valence-electron chi connectivity index (χ3n) is 2.56. The van der Waals surface area contributed by atoms with Gasteiger partial charge in [-0.05, 0) is 12.8 Å². The van der Waals surface area contributed by atoms with Gasteiger partial charge in [0, 0.05) is 38.7 Å². The lowest BCUT2D eigenvalue weighted by Gasteiger charge is -2.05. The van der Waals surface area contributed by atoms with Crippen molar-refractivity contribution in [2.24, 2.45) is 0 Å². The number of hydrogen-bond acceptors (Lipinski definition) is 5. The predicted molar refractivity (Wildman–Crippen MR) is 67.0 cm³/mol. The fraction of sp³-hybridized carbons (Fsp3) is 0.727. The molecule has 90 valence electrons. The van der Waals surface area contributed by atoms with Gasteiger partial charge in [-0.15, -0.1) is 11.3 Å². The van der Waals surface area contributed by atoms with E-state index >= 15 is 0 Å². The summed E-state index contributed by atoms with van der Waals surface area (Å²) in [4.78, 5) is 7.93. The number of nitrogens with one attached hydrogen (secondary N) is 1. The average Bonchev–Trinajstić information content (AvgIpc) is 2.98. The van der Waals surface area contributed by atoms with Crippen molar-refractivity contribution in [2.75, 3.05) is 26.1 Å². The second kappa shape index (κ2) is 5.12. The Kier molecular flexibility index (Phi) is 3.78. The minimum absolute atomic E-state index is 0.603. The molecule has 4 nitrogen and oxygen atoms in total. The van der Waals surface area contributed by atoms with E-state index in [0.29, 0.717) is 6.61 Å². The minimum atomic E-state index is 0.603. The van der Waals surface area contributed by atoms with Gasteiger partial charge >= 0.3 is 0 Å². The van der Waals surface area contributed by atoms with E-state index in [1.807, 2.05) is 19.0 Å². The summed E-state index contributed by atoms with van der Waals surface area (Å²) in [6.45, 7) is 1.53. The van der Waals surface area contributed by atoms with Crippen LogP contribution in [-0.2, 0) is 17.9 Å². The van der Waals surface area contributed by atoms with Gasteiger partial charge in [0.1, 0.15) is 0 Å². The van der Waals surface area contributed by atoms with Gasteiger partial charge in [-0.25, -0.2) is 4.98 Å². The lowest BCUT2D eigenvalue weighted by atomic mass is 10.3. The average molecular weight is 241 g/mol. The second-order valence-corrected chi connectivity index (χ2v) is 5.41. The lowest BCUT2D eigenvalue weighted by molar-refractivity contribution is 0.181. The fourth-order valence-electron chi connectivity index (χ4n) is 1.47. The number of ether oxygens (including phenoxy) is 1. The molecule has 1 heterocycles. The molecule has 0 saturated heterocycles. The summed E-state index contributed by atoms with van der Waals surface area (Å²) in [7, 11) is 5.76. The van der Waals surface area contributed by atoms with Crippen molar-refractivity contribution in [3.05, 3.63) is 10.6 Å². The summed E-state index contributed by atoms with van der Waals surface area (Å²) < 4.78 is 5.18. The Labute approximate surface area is 101 Å². The molecule has 5 heteroatoms. The summed E-state index contributed by atoms with van der Waals surface area (Å²) in [6.07, 6.45) is 2.64. The molecule has 0 atom stereocenters. The first-order valence-corrected chi connectivity index (χ1v) is 6.40. The molecule has 0 radical (unpaired) electrons. The van der Waals surface area contributed by atoms with E-state index in [0.717, 1.165) is 23.4 Å². The van der Waals surface area contributed by atoms with Crippen LogP contribution in [0.3, 0.4) is 0 Å². The molecule has 0 aliphatic heterocycles. The lowest BCUT2D eigenvalue weighted by Crippen LogP contribution is -2.15. The van der Waals surface area contributed by atoms with Crippen molar-refractivity contribution in [1.29, 1.82) is 0 Å². The molecule has 0 spiro atoms. The van der Waals surface area contributed by atoms with Crippen molar-refractivity contribution in [3.8, 4) is 0 Å². The van der Waals surface area contributed by atoms with E-state index in [1.165, 1.54) is 17.7 Å². The molecule has 0 unspecified atom stereocenters. The van der Waals surface area contributed by atoms with Crippen LogP contribution < -0.4 is 10.2 Å². The first kappa shape index (κ1) is 11.8. The van der Waals surface area contributed by atoms with Crippen LogP contribution in [0.2, 0.25) is 0 Å². The first-order valence-electron chi connectivity index (χ1n) is 5.59. The molecule has 1 saturated carbocycles. The minimum Gasteiger partial charge on any atom is -0.378 e. The Hall–Kier alpha value is -0.650. The molecule has 16 heavy (non-hydrogen) atoms. The molecule has 1 aliphatic carbocycles. The zero-order valence-electron chi connectivity index (χ0n) is 10.1. The van der Waals surface area contributed by atoms with Crippen LogP contribution in [0.1, 0.15) is 23.4 Å². The van der Waals surface area contributed by atoms with Crippen LogP contribution >= 0.6 is 11.3 Å². The molecular formula is C11H19N3OS. The monoisotopic (exact) mass is 241 g/mol. The zero-order chi connectivity index (χ0) is 11.5. The van der Waals surface area contributed by atoms with Crippen molar-refractivity contribution in [3.63, 3.8) is 0 Å². The Bertz CT molecular complexity index is 347. The highest BCUT2D eigenvalue weighted by molar-refractivity contribution is 7.15. The maximum Gasteiger partial charge on any atom is 0.185 e. The SMILES string of the molecule is COCc1nc(N(C)C)sc1CNC1CC1. The number of anilines is 1. The van der Waals surface area contributed by atoms with Gasteiger partial charge < -0.3 is 15.0 Å². The van der Waals surface area contributed by atoms with Gasteiger partial charge in [0.2, 0.25) is 0 Å². The van der Waals surface area contributed by atoms with E-state index in [2.05, 4.69) is 10.3 Å². The molecule has 1 fully saturated rings. The largest absolute Gasteiger partial charge is 0.378 e. The van der Waals surface area contributed by atoms with Crippen LogP contribution in [-0.4, -0.2) is 32.2 Å². The summed E-state index contributed by atoms with van der Waals surface area (Å²) in [5.41, 5.74) is 1.07. The third kappa shape index (κ3) is 2.93. The van der Waals surface area contributed by atoms with E-state index in [9.17, 15) is 0 Å². The summed E-state index contributed by atoms with van der Waals surface area (Å²) in [5, 5.41) is 4.58. The Morgan fingerprint density at radius 3 is 2.81 bits per heavy atom. The summed E-state index contributed by atoms with van der Waals surface area (Å²) >= 11 is 1.75. The zero-order valence-corrected chi connectivity index (χ0v) is 10.9. The number of aromatic nitrogens is 1. The molecule has 1 aliphatic rings. The summed E-state index contributed by atoms with van der Waals surface area (Å²) in [5.74, 6) is 0. The van der Waals surface area contributed by atoms with Crippen LogP contribution in [0.5, 0.6) is 0 Å². The molecule has 0 bridgehead atoms. The normalized spacial score (nSPS) is 15.4. The van der Waals surface area contributed by atoms with Gasteiger partial charge in [-0.2, -0.15) is 0 Å². The third-order valence-corrected chi connectivity index (χ3v) is 3.82. The van der Waals surface area contributed by atoms with Crippen LogP contribution in [0, 0.1) is 0 Å². The number of thiazole rings is 1. The van der Waals surface area contributed by atoms with Gasteiger partial charge in [-0.3, -0.25) is 0 Å². The van der Waals surface area contributed by atoms with Crippen molar-refractivity contribution in [1.82, 2.24) is 10.3 Å². The number of hydrogen-bond donors (Lipinski definition) is 1. The molecule has 1 N–H and O–H groups in total. The van der Waals surface area contributed by atoms with Crippen molar-refractivity contribution < 1.29 is 4.74 Å². The predicted octanol–water partition coefficient (Wildman–Crippen LogP) is 1.61. The van der Waals surface area contributed by atoms with Gasteiger partial charge in [0.25, 0.3) is 0 Å². The number of nitrogens with zero attached hydrogens (tertiary/aromatic N) is 2. The standard InChI is InChI=1S/C11H19N3OS/c1-14(2)11-13-9(7-15-3)10(16-11)6-12-8-4-5-8/h8,12H,4-7H2,1-3H3. The van der Waals surface area contributed by atoms with Crippen LogP contribution in [0.4, 0.5) is 5.13 Å². The Morgan fingerprint density at radius 2 is 2.25 bits per heavy atom. The van der Waals surface area contributed by atoms with Crippen LogP contribution in [0.15, 0.2) is 0 Å². The quantitative estimate of drug-likeness (QED) is 0.821. The fourth-order valence-corrected chi connectivity index (χ4v) is 2.41. The molecule has 2 rings (SSSR count). The Balaban J connectivity index is 2.05. The van der Waals surface area contributed by atoms with Gasteiger partial charge in [0.15, 0.2) is 5.13 Å². The molecule has 1 aromatic rings. The maximum absolute atomic E-state index is 5.18. The van der Waals surface area contributed by atoms with E-state index in [-0.39, 0.29) is 0 Å². The van der Waals surface area contributed by atoms with E-state index < -0.39 is 0 Å². The highest BCUT2D eigenvalue weighted by Crippen LogP contribution is 2.27. The van der Waals surface area contributed by atoms with Crippen molar-refractivity contribution >= 4 is 16.5 Å². The first-order chi connectivity index (χ1) is 7.70. The van der Waals surface area contributed by atoms with E-state index in [1.54, 1.807) is 18.4 Å². The number of rotatable bonds is 6. The maximum atomic E-state index is 5.18. The van der Waals surface area contributed by atoms with Crippen LogP contribution in [0.25, 0.3) is 0 Å². The summed E-state index contributed by atoms with van der Waals surface area (Å²) in [6, 6.07) is 0.736. The van der Waals surface area contributed by atoms with Crippen molar-refractivity contribution in [2.45, 2.75) is 32.0 Å². The molecule has 0 amide bonds. The highest BCUT2D eigenvalue weighted by atomic mass is 32.1. The molecule has 0 aromatic carbocycles. The van der Waals surface area contributed by atoms with E-state index in [4.69, 9.17) is 4.74 Å². The smallest absolute Gasteiger partial charge is 0.185 e. The molecular weight excluding hydrogens is 222 g/mol. The molecule has 1 aromatic heterocycles. The topological polar surface area (TPSA) is 37.4 Å². The second-order valence-electron chi connectivity index (χ2n) is 4.35. The van der Waals surface area contributed by atoms with Gasteiger partial charge in [-0.1, -0.05) is 0 Å². The number of methoxy groups -OCH3 is 1. The highest BCUT2D eigenvalue weighted by Gasteiger charge is 2.21. The van der Waals surface area contributed by atoms with Gasteiger partial charge in [0.05, 0.1) is 12.3 Å². The Morgan fingerprint density at radius 1 is 1.50 bits per heavy atom.